The van der Waals surface area contributed by atoms with Gasteiger partial charge < -0.3 is 19.5 Å². The molecule has 0 saturated heterocycles. The zero-order chi connectivity index (χ0) is 19.3. The summed E-state index contributed by atoms with van der Waals surface area (Å²) in [6.45, 7) is 0.800. The predicted octanol–water partition coefficient (Wildman–Crippen LogP) is 3.29. The Morgan fingerprint density at radius 3 is 2.79 bits per heavy atom. The van der Waals surface area contributed by atoms with Crippen molar-refractivity contribution in [2.24, 2.45) is 0 Å². The number of hydrogen-bond donors (Lipinski definition) is 2. The molecule has 7 heteroatoms. The van der Waals surface area contributed by atoms with Crippen LogP contribution >= 0.6 is 0 Å². The van der Waals surface area contributed by atoms with Crippen LogP contribution in [-0.2, 0) is 6.61 Å². The molecule has 28 heavy (non-hydrogen) atoms. The van der Waals surface area contributed by atoms with Gasteiger partial charge in [0.2, 0.25) is 5.95 Å². The SMILES string of the molecule is COc1ccc(OCc2cc(=O)[nH]c(NC3CCOc4ccccc43)n2)cc1. The second-order valence-electron chi connectivity index (χ2n) is 6.42. The molecule has 1 unspecified atom stereocenters. The normalized spacial score (nSPS) is 15.2. The van der Waals surface area contributed by atoms with E-state index in [0.717, 1.165) is 23.5 Å². The molecule has 144 valence electrons. The van der Waals surface area contributed by atoms with Gasteiger partial charge in [-0.05, 0) is 30.3 Å². The summed E-state index contributed by atoms with van der Waals surface area (Å²) in [5, 5.41) is 3.31. The number of fused-ring (bicyclic) bond motifs is 1. The monoisotopic (exact) mass is 379 g/mol. The van der Waals surface area contributed by atoms with E-state index in [0.29, 0.717) is 24.0 Å². The van der Waals surface area contributed by atoms with E-state index in [-0.39, 0.29) is 18.2 Å². The van der Waals surface area contributed by atoms with E-state index in [1.807, 2.05) is 48.5 Å². The first kappa shape index (κ1) is 17.9. The Morgan fingerprint density at radius 2 is 1.96 bits per heavy atom. The maximum atomic E-state index is 12.1. The summed E-state index contributed by atoms with van der Waals surface area (Å²) in [7, 11) is 1.61. The first-order valence-corrected chi connectivity index (χ1v) is 9.06. The molecule has 0 bridgehead atoms. The molecule has 0 aliphatic carbocycles. The van der Waals surface area contributed by atoms with Crippen molar-refractivity contribution >= 4 is 5.95 Å². The Hall–Kier alpha value is -3.48. The van der Waals surface area contributed by atoms with Crippen LogP contribution in [0.1, 0.15) is 23.7 Å². The highest BCUT2D eigenvalue weighted by atomic mass is 16.5. The summed E-state index contributed by atoms with van der Waals surface area (Å²) in [6.07, 6.45) is 0.785. The molecule has 4 rings (SSSR count). The van der Waals surface area contributed by atoms with Gasteiger partial charge in [-0.15, -0.1) is 0 Å². The number of ether oxygens (including phenoxy) is 3. The lowest BCUT2D eigenvalue weighted by atomic mass is 10.0. The lowest BCUT2D eigenvalue weighted by Crippen LogP contribution is -2.23. The number of aromatic nitrogens is 2. The van der Waals surface area contributed by atoms with Crippen molar-refractivity contribution in [3.8, 4) is 17.2 Å². The standard InChI is InChI=1S/C21H21N3O4/c1-26-15-6-8-16(9-7-15)28-13-14-12-20(25)24-21(22-14)23-18-10-11-27-19-5-3-2-4-17(18)19/h2-9,12,18H,10-11,13H2,1H3,(H2,22,23,24,25). The Labute approximate surface area is 162 Å². The number of anilines is 1. The first-order chi connectivity index (χ1) is 13.7. The van der Waals surface area contributed by atoms with Crippen LogP contribution in [0, 0.1) is 0 Å². The van der Waals surface area contributed by atoms with Gasteiger partial charge in [0, 0.05) is 18.1 Å². The van der Waals surface area contributed by atoms with Gasteiger partial charge in [-0.25, -0.2) is 4.98 Å². The van der Waals surface area contributed by atoms with Gasteiger partial charge in [0.25, 0.3) is 5.56 Å². The van der Waals surface area contributed by atoms with E-state index in [9.17, 15) is 4.79 Å². The Kier molecular flexibility index (Phi) is 5.14. The maximum absolute atomic E-state index is 12.1. The minimum atomic E-state index is -0.230. The van der Waals surface area contributed by atoms with Crippen LogP contribution in [0.4, 0.5) is 5.95 Å². The number of methoxy groups -OCH3 is 1. The third-order valence-corrected chi connectivity index (χ3v) is 4.51. The summed E-state index contributed by atoms with van der Waals surface area (Å²) in [6, 6.07) is 16.6. The molecule has 0 saturated carbocycles. The molecule has 1 atom stereocenters. The fraction of sp³-hybridized carbons (Fsp3) is 0.238. The molecule has 0 radical (unpaired) electrons. The van der Waals surface area contributed by atoms with E-state index < -0.39 is 0 Å². The molecule has 2 aromatic carbocycles. The van der Waals surface area contributed by atoms with Crippen LogP contribution in [0.3, 0.4) is 0 Å². The summed E-state index contributed by atoms with van der Waals surface area (Å²) in [5.74, 6) is 2.70. The van der Waals surface area contributed by atoms with E-state index in [1.165, 1.54) is 6.07 Å². The molecular weight excluding hydrogens is 358 g/mol. The van der Waals surface area contributed by atoms with Gasteiger partial charge in [0.05, 0.1) is 25.5 Å². The van der Waals surface area contributed by atoms with Gasteiger partial charge in [-0.3, -0.25) is 9.78 Å². The molecule has 0 amide bonds. The minimum absolute atomic E-state index is 0.0193. The molecule has 7 nitrogen and oxygen atoms in total. The molecular formula is C21H21N3O4. The van der Waals surface area contributed by atoms with E-state index >= 15 is 0 Å². The molecule has 0 fully saturated rings. The van der Waals surface area contributed by atoms with Gasteiger partial charge in [0.15, 0.2) is 0 Å². The third-order valence-electron chi connectivity index (χ3n) is 4.51. The Bertz CT molecular complexity index is 1000. The molecule has 1 aliphatic heterocycles. The summed E-state index contributed by atoms with van der Waals surface area (Å²) in [5.41, 5.74) is 1.37. The third kappa shape index (κ3) is 4.09. The van der Waals surface area contributed by atoms with Gasteiger partial charge in [-0.2, -0.15) is 0 Å². The van der Waals surface area contributed by atoms with Crippen LogP contribution in [-0.4, -0.2) is 23.7 Å². The number of nitrogens with one attached hydrogen (secondary N) is 2. The Morgan fingerprint density at radius 1 is 1.18 bits per heavy atom. The van der Waals surface area contributed by atoms with Crippen LogP contribution in [0.2, 0.25) is 0 Å². The zero-order valence-electron chi connectivity index (χ0n) is 15.5. The number of benzene rings is 2. The van der Waals surface area contributed by atoms with Crippen molar-refractivity contribution in [3.05, 3.63) is 76.2 Å². The highest BCUT2D eigenvalue weighted by molar-refractivity contribution is 5.42. The first-order valence-electron chi connectivity index (χ1n) is 9.06. The fourth-order valence-corrected chi connectivity index (χ4v) is 3.14. The summed E-state index contributed by atoms with van der Waals surface area (Å²) in [4.78, 5) is 19.3. The van der Waals surface area contributed by atoms with Gasteiger partial charge >= 0.3 is 0 Å². The highest BCUT2D eigenvalue weighted by Gasteiger charge is 2.21. The lowest BCUT2D eigenvalue weighted by Gasteiger charge is -2.26. The van der Waals surface area contributed by atoms with Crippen molar-refractivity contribution in [2.45, 2.75) is 19.1 Å². The summed E-state index contributed by atoms with van der Waals surface area (Å²) < 4.78 is 16.5. The number of rotatable bonds is 6. The number of para-hydroxylation sites is 1. The van der Waals surface area contributed by atoms with E-state index in [2.05, 4.69) is 15.3 Å². The fourth-order valence-electron chi connectivity index (χ4n) is 3.14. The lowest BCUT2D eigenvalue weighted by molar-refractivity contribution is 0.274. The quantitative estimate of drug-likeness (QED) is 0.684. The number of aromatic amines is 1. The van der Waals surface area contributed by atoms with Crippen molar-refractivity contribution < 1.29 is 14.2 Å². The average molecular weight is 379 g/mol. The highest BCUT2D eigenvalue weighted by Crippen LogP contribution is 2.33. The molecule has 0 spiro atoms. The largest absolute Gasteiger partial charge is 0.497 e. The van der Waals surface area contributed by atoms with Crippen molar-refractivity contribution in [1.29, 1.82) is 0 Å². The molecule has 3 aromatic rings. The topological polar surface area (TPSA) is 85.5 Å². The van der Waals surface area contributed by atoms with Crippen LogP contribution in [0.25, 0.3) is 0 Å². The van der Waals surface area contributed by atoms with Crippen molar-refractivity contribution in [2.75, 3.05) is 19.0 Å². The van der Waals surface area contributed by atoms with E-state index in [1.54, 1.807) is 7.11 Å². The van der Waals surface area contributed by atoms with Crippen LogP contribution in [0.15, 0.2) is 59.4 Å². The summed E-state index contributed by atoms with van der Waals surface area (Å²) >= 11 is 0. The second kappa shape index (κ2) is 8.04. The van der Waals surface area contributed by atoms with Crippen LogP contribution < -0.4 is 25.1 Å². The Balaban J connectivity index is 1.47. The molecule has 2 heterocycles. The molecule has 2 N–H and O–H groups in total. The van der Waals surface area contributed by atoms with Gasteiger partial charge in [0.1, 0.15) is 23.9 Å². The minimum Gasteiger partial charge on any atom is -0.497 e. The van der Waals surface area contributed by atoms with Crippen molar-refractivity contribution in [3.63, 3.8) is 0 Å². The molecule has 1 aromatic heterocycles. The maximum Gasteiger partial charge on any atom is 0.252 e. The predicted molar refractivity (Wildman–Crippen MR) is 105 cm³/mol. The van der Waals surface area contributed by atoms with Crippen LogP contribution in [0.5, 0.6) is 17.2 Å². The zero-order valence-corrected chi connectivity index (χ0v) is 15.5. The number of H-pyrrole nitrogens is 1. The number of hydrogen-bond acceptors (Lipinski definition) is 6. The van der Waals surface area contributed by atoms with Gasteiger partial charge in [-0.1, -0.05) is 18.2 Å². The number of nitrogens with zero attached hydrogens (tertiary/aromatic N) is 1. The molecule has 1 aliphatic rings. The second-order valence-corrected chi connectivity index (χ2v) is 6.42. The smallest absolute Gasteiger partial charge is 0.252 e. The van der Waals surface area contributed by atoms with Crippen molar-refractivity contribution in [1.82, 2.24) is 9.97 Å². The van der Waals surface area contributed by atoms with E-state index in [4.69, 9.17) is 14.2 Å². The average Bonchev–Trinajstić information content (AvgIpc) is 2.72.